The largest absolute Gasteiger partial charge is 0.497 e. The summed E-state index contributed by atoms with van der Waals surface area (Å²) in [6, 6.07) is 11.8. The topological polar surface area (TPSA) is 66.9 Å². The maximum Gasteiger partial charge on any atom is 0.243 e. The van der Waals surface area contributed by atoms with E-state index in [0.29, 0.717) is 30.8 Å². The molecular formula is C20H23FN2O4S. The number of piperidine rings is 1. The van der Waals surface area contributed by atoms with E-state index in [1.54, 1.807) is 38.4 Å². The Hall–Kier alpha value is -2.45. The highest BCUT2D eigenvalue weighted by Gasteiger charge is 2.34. The van der Waals surface area contributed by atoms with Crippen molar-refractivity contribution in [1.82, 2.24) is 4.31 Å². The van der Waals surface area contributed by atoms with Gasteiger partial charge in [0.25, 0.3) is 0 Å². The Kier molecular flexibility index (Phi) is 6.00. The molecular weight excluding hydrogens is 383 g/mol. The quantitative estimate of drug-likeness (QED) is 0.766. The van der Waals surface area contributed by atoms with Gasteiger partial charge in [0, 0.05) is 25.8 Å². The molecule has 0 radical (unpaired) electrons. The van der Waals surface area contributed by atoms with Crippen molar-refractivity contribution in [2.75, 3.05) is 32.1 Å². The average Bonchev–Trinajstić information content (AvgIpc) is 2.73. The van der Waals surface area contributed by atoms with E-state index in [2.05, 4.69) is 0 Å². The van der Waals surface area contributed by atoms with Crippen LogP contribution in [0.3, 0.4) is 0 Å². The van der Waals surface area contributed by atoms with Gasteiger partial charge in [-0.2, -0.15) is 4.31 Å². The number of carbonyl (C=O) groups is 1. The van der Waals surface area contributed by atoms with Gasteiger partial charge in [0.1, 0.15) is 11.6 Å². The van der Waals surface area contributed by atoms with Crippen molar-refractivity contribution in [3.63, 3.8) is 0 Å². The molecule has 8 heteroatoms. The standard InChI is InChI=1S/C20H23FN2O4S/c1-22(17-7-9-18(27-2)10-8-17)20(24)15-4-3-13-23(14-15)28(25,26)19-11-5-16(21)6-12-19/h5-12,15H,3-4,13-14H2,1-2H3/t15-/m0/s1. The first-order valence-electron chi connectivity index (χ1n) is 9.00. The number of ether oxygens (including phenoxy) is 1. The summed E-state index contributed by atoms with van der Waals surface area (Å²) >= 11 is 0. The van der Waals surface area contributed by atoms with Crippen LogP contribution in [0.15, 0.2) is 53.4 Å². The van der Waals surface area contributed by atoms with Crippen LogP contribution < -0.4 is 9.64 Å². The Morgan fingerprint density at radius 3 is 2.39 bits per heavy atom. The predicted molar refractivity (Wildman–Crippen MR) is 104 cm³/mol. The number of rotatable bonds is 5. The molecule has 1 heterocycles. The molecule has 0 bridgehead atoms. The van der Waals surface area contributed by atoms with Gasteiger partial charge in [0.05, 0.1) is 17.9 Å². The van der Waals surface area contributed by atoms with Crippen LogP contribution in [0.25, 0.3) is 0 Å². The van der Waals surface area contributed by atoms with Gasteiger partial charge in [0.2, 0.25) is 15.9 Å². The molecule has 1 fully saturated rings. The number of sulfonamides is 1. The molecule has 2 aromatic carbocycles. The number of anilines is 1. The first kappa shape index (κ1) is 20.3. The normalized spacial score (nSPS) is 17.9. The Labute approximate surface area is 164 Å². The van der Waals surface area contributed by atoms with Gasteiger partial charge in [-0.3, -0.25) is 4.79 Å². The van der Waals surface area contributed by atoms with Crippen LogP contribution in [-0.2, 0) is 14.8 Å². The second-order valence-corrected chi connectivity index (χ2v) is 8.69. The van der Waals surface area contributed by atoms with Crippen LogP contribution in [-0.4, -0.2) is 45.9 Å². The maximum absolute atomic E-state index is 13.1. The van der Waals surface area contributed by atoms with Crippen LogP contribution in [0.2, 0.25) is 0 Å². The van der Waals surface area contributed by atoms with Crippen molar-refractivity contribution in [2.24, 2.45) is 5.92 Å². The lowest BCUT2D eigenvalue weighted by molar-refractivity contribution is -0.123. The van der Waals surface area contributed by atoms with Gasteiger partial charge in [-0.05, 0) is 61.4 Å². The third-order valence-electron chi connectivity index (χ3n) is 4.98. The predicted octanol–water partition coefficient (Wildman–Crippen LogP) is 2.90. The summed E-state index contributed by atoms with van der Waals surface area (Å²) in [7, 11) is -0.516. The van der Waals surface area contributed by atoms with Crippen molar-refractivity contribution >= 4 is 21.6 Å². The molecule has 0 spiro atoms. The molecule has 3 rings (SSSR count). The third-order valence-corrected chi connectivity index (χ3v) is 6.85. The summed E-state index contributed by atoms with van der Waals surface area (Å²) in [5.74, 6) is -0.370. The lowest BCUT2D eigenvalue weighted by Crippen LogP contribution is -2.45. The monoisotopic (exact) mass is 406 g/mol. The molecule has 2 aromatic rings. The summed E-state index contributed by atoms with van der Waals surface area (Å²) in [5.41, 5.74) is 0.712. The molecule has 6 nitrogen and oxygen atoms in total. The van der Waals surface area contributed by atoms with E-state index >= 15 is 0 Å². The number of halogens is 1. The molecule has 0 aliphatic carbocycles. The first-order valence-corrected chi connectivity index (χ1v) is 10.4. The lowest BCUT2D eigenvalue weighted by atomic mass is 9.98. The third kappa shape index (κ3) is 4.18. The molecule has 1 amide bonds. The van der Waals surface area contributed by atoms with Gasteiger partial charge >= 0.3 is 0 Å². The number of amides is 1. The zero-order valence-electron chi connectivity index (χ0n) is 15.8. The summed E-state index contributed by atoms with van der Waals surface area (Å²) in [6.45, 7) is 0.453. The van der Waals surface area contributed by atoms with Crippen LogP contribution in [0.4, 0.5) is 10.1 Å². The number of hydrogen-bond donors (Lipinski definition) is 0. The highest BCUT2D eigenvalue weighted by Crippen LogP contribution is 2.27. The summed E-state index contributed by atoms with van der Waals surface area (Å²) in [4.78, 5) is 14.5. The van der Waals surface area contributed by atoms with E-state index in [0.717, 1.165) is 12.1 Å². The van der Waals surface area contributed by atoms with Crippen LogP contribution in [0, 0.1) is 11.7 Å². The Balaban J connectivity index is 1.74. The second-order valence-electron chi connectivity index (χ2n) is 6.75. The van der Waals surface area contributed by atoms with Crippen molar-refractivity contribution in [3.05, 3.63) is 54.3 Å². The molecule has 1 aliphatic heterocycles. The van der Waals surface area contributed by atoms with Crippen molar-refractivity contribution < 1.29 is 22.3 Å². The van der Waals surface area contributed by atoms with Crippen LogP contribution in [0.5, 0.6) is 5.75 Å². The number of carbonyl (C=O) groups excluding carboxylic acids is 1. The smallest absolute Gasteiger partial charge is 0.243 e. The van der Waals surface area contributed by atoms with E-state index in [-0.39, 0.29) is 17.3 Å². The van der Waals surface area contributed by atoms with Crippen LogP contribution >= 0.6 is 0 Å². The molecule has 0 N–H and O–H groups in total. The molecule has 0 aromatic heterocycles. The fourth-order valence-corrected chi connectivity index (χ4v) is 4.85. The number of hydrogen-bond acceptors (Lipinski definition) is 4. The maximum atomic E-state index is 13.1. The SMILES string of the molecule is COc1ccc(N(C)C(=O)[C@H]2CCCN(S(=O)(=O)c3ccc(F)cc3)C2)cc1. The summed E-state index contributed by atoms with van der Waals surface area (Å²) < 4.78 is 45.2. The Morgan fingerprint density at radius 1 is 1.14 bits per heavy atom. The highest BCUT2D eigenvalue weighted by atomic mass is 32.2. The molecule has 1 saturated heterocycles. The van der Waals surface area contributed by atoms with E-state index in [4.69, 9.17) is 4.74 Å². The van der Waals surface area contributed by atoms with E-state index in [1.807, 2.05) is 0 Å². The fourth-order valence-electron chi connectivity index (χ4n) is 3.32. The van der Waals surface area contributed by atoms with Gasteiger partial charge in [0.15, 0.2) is 0 Å². The van der Waals surface area contributed by atoms with E-state index in [9.17, 15) is 17.6 Å². The van der Waals surface area contributed by atoms with Crippen molar-refractivity contribution in [1.29, 1.82) is 0 Å². The minimum atomic E-state index is -3.77. The highest BCUT2D eigenvalue weighted by molar-refractivity contribution is 7.89. The van der Waals surface area contributed by atoms with Gasteiger partial charge in [-0.1, -0.05) is 0 Å². The second kappa shape index (κ2) is 8.28. The zero-order chi connectivity index (χ0) is 20.3. The molecule has 0 unspecified atom stereocenters. The van der Waals surface area contributed by atoms with E-state index in [1.165, 1.54) is 21.3 Å². The Bertz CT molecular complexity index is 930. The molecule has 0 saturated carbocycles. The molecule has 1 aliphatic rings. The molecule has 150 valence electrons. The van der Waals surface area contributed by atoms with Gasteiger partial charge in [-0.15, -0.1) is 0 Å². The summed E-state index contributed by atoms with van der Waals surface area (Å²) in [6.07, 6.45) is 1.21. The minimum Gasteiger partial charge on any atom is -0.497 e. The van der Waals surface area contributed by atoms with Gasteiger partial charge in [-0.25, -0.2) is 12.8 Å². The number of nitrogens with zero attached hydrogens (tertiary/aromatic N) is 2. The van der Waals surface area contributed by atoms with Crippen molar-refractivity contribution in [2.45, 2.75) is 17.7 Å². The fraction of sp³-hybridized carbons (Fsp3) is 0.350. The number of benzene rings is 2. The summed E-state index contributed by atoms with van der Waals surface area (Å²) in [5, 5.41) is 0. The first-order chi connectivity index (χ1) is 13.3. The molecule has 1 atom stereocenters. The van der Waals surface area contributed by atoms with Crippen molar-refractivity contribution in [3.8, 4) is 5.75 Å². The van der Waals surface area contributed by atoms with Crippen LogP contribution in [0.1, 0.15) is 12.8 Å². The molecule has 28 heavy (non-hydrogen) atoms. The average molecular weight is 406 g/mol. The minimum absolute atomic E-state index is 0.0329. The van der Waals surface area contributed by atoms with Gasteiger partial charge < -0.3 is 9.64 Å². The Morgan fingerprint density at radius 2 is 1.79 bits per heavy atom. The zero-order valence-corrected chi connectivity index (χ0v) is 16.7. The van der Waals surface area contributed by atoms with E-state index < -0.39 is 21.8 Å². The number of methoxy groups -OCH3 is 1. The lowest BCUT2D eigenvalue weighted by Gasteiger charge is -2.33.